The van der Waals surface area contributed by atoms with Crippen LogP contribution in [0.1, 0.15) is 26.8 Å². The van der Waals surface area contributed by atoms with Gasteiger partial charge in [-0.3, -0.25) is 9.59 Å². The minimum Gasteiger partial charge on any atom is -0.349 e. The number of carbonyl (C=O) groups excluding carboxylic acids is 2. The summed E-state index contributed by atoms with van der Waals surface area (Å²) in [5.74, 6) is -0.461. The van der Waals surface area contributed by atoms with Crippen LogP contribution in [0.2, 0.25) is 5.02 Å². The third kappa shape index (κ3) is 5.06. The number of carbonyl (C=O) groups is 2. The number of nitrogens with one attached hydrogen (secondary N) is 1. The quantitative estimate of drug-likeness (QED) is 0.492. The van der Waals surface area contributed by atoms with E-state index >= 15 is 0 Å². The molecule has 0 aliphatic carbocycles. The molecule has 4 heterocycles. The van der Waals surface area contributed by atoms with Gasteiger partial charge >= 0.3 is 0 Å². The number of hydrogen-bond donors (Lipinski definition) is 1. The molecular weight excluding hydrogens is 550 g/mol. The van der Waals surface area contributed by atoms with Crippen molar-refractivity contribution in [3.05, 3.63) is 44.9 Å². The van der Waals surface area contributed by atoms with Crippen LogP contribution in [-0.2, 0) is 27.9 Å². The molecular formula is C24H30ClN7O4S2. The normalized spacial score (nSPS) is 19.6. The van der Waals surface area contributed by atoms with Gasteiger partial charge in [0.05, 0.1) is 18.3 Å². The van der Waals surface area contributed by atoms with Crippen LogP contribution in [0.3, 0.4) is 0 Å². The number of fused-ring (bicyclic) bond motifs is 2. The SMILES string of the molecule is CN(C)C(=O)CC1CN(S(=O)(=O)c2cc3cc(Cl)ccc3[nH]2)CCN1C(=O)c1nc2c(s1)CN(C)N(C)C2. The van der Waals surface area contributed by atoms with Crippen LogP contribution in [0.15, 0.2) is 29.3 Å². The molecule has 1 fully saturated rings. The molecule has 3 aromatic rings. The maximum absolute atomic E-state index is 13.7. The van der Waals surface area contributed by atoms with E-state index in [0.29, 0.717) is 34.0 Å². The lowest BCUT2D eigenvalue weighted by Gasteiger charge is -2.40. The van der Waals surface area contributed by atoms with Gasteiger partial charge in [0, 0.05) is 81.6 Å². The largest absolute Gasteiger partial charge is 0.349 e. The van der Waals surface area contributed by atoms with Crippen LogP contribution in [0.25, 0.3) is 10.9 Å². The standard InChI is InChI=1S/C24H30ClN7O4S2/c1-28(2)22(33)11-17-12-31(38(35,36)21-10-15-9-16(25)5-6-18(15)26-21)7-8-32(17)24(34)23-27-19-13-29(3)30(4)14-20(19)37-23/h5-6,9-10,17,26H,7-8,11-14H2,1-4H3. The number of sulfonamides is 1. The van der Waals surface area contributed by atoms with Crippen molar-refractivity contribution in [1.82, 2.24) is 34.1 Å². The van der Waals surface area contributed by atoms with Gasteiger partial charge in [-0.05, 0) is 24.3 Å². The van der Waals surface area contributed by atoms with Crippen molar-refractivity contribution in [2.24, 2.45) is 0 Å². The summed E-state index contributed by atoms with van der Waals surface area (Å²) in [4.78, 5) is 38.0. The van der Waals surface area contributed by atoms with Gasteiger partial charge in [-0.25, -0.2) is 23.4 Å². The van der Waals surface area contributed by atoms with E-state index in [4.69, 9.17) is 11.6 Å². The van der Waals surface area contributed by atoms with Crippen LogP contribution in [-0.4, -0.2) is 108 Å². The highest BCUT2D eigenvalue weighted by molar-refractivity contribution is 7.89. The first-order valence-electron chi connectivity index (χ1n) is 12.1. The molecule has 5 rings (SSSR count). The summed E-state index contributed by atoms with van der Waals surface area (Å²) in [6.45, 7) is 1.54. The maximum Gasteiger partial charge on any atom is 0.283 e. The lowest BCUT2D eigenvalue weighted by atomic mass is 10.1. The van der Waals surface area contributed by atoms with E-state index in [2.05, 4.69) is 15.0 Å². The topological polar surface area (TPSA) is 113 Å². The van der Waals surface area contributed by atoms with Crippen molar-refractivity contribution in [1.29, 1.82) is 0 Å². The molecule has 0 radical (unpaired) electrons. The van der Waals surface area contributed by atoms with E-state index in [-0.39, 0.29) is 42.9 Å². The number of thiazole rings is 1. The number of hydrazine groups is 1. The molecule has 1 saturated heterocycles. The number of rotatable bonds is 5. The first-order valence-corrected chi connectivity index (χ1v) is 14.8. The molecule has 0 saturated carbocycles. The molecule has 1 unspecified atom stereocenters. The molecule has 1 aromatic carbocycles. The molecule has 38 heavy (non-hydrogen) atoms. The smallest absolute Gasteiger partial charge is 0.283 e. The van der Waals surface area contributed by atoms with E-state index in [9.17, 15) is 18.0 Å². The Kier molecular flexibility index (Phi) is 7.26. The summed E-state index contributed by atoms with van der Waals surface area (Å²) in [5, 5.41) is 5.72. The number of aromatic amines is 1. The molecule has 14 heteroatoms. The van der Waals surface area contributed by atoms with Gasteiger partial charge in [-0.1, -0.05) is 11.6 Å². The third-order valence-electron chi connectivity index (χ3n) is 7.09. The Morgan fingerprint density at radius 1 is 1.16 bits per heavy atom. The Morgan fingerprint density at radius 3 is 2.63 bits per heavy atom. The number of nitrogens with zero attached hydrogens (tertiary/aromatic N) is 6. The third-order valence-corrected chi connectivity index (χ3v) is 10.2. The fraction of sp³-hybridized carbons (Fsp3) is 0.458. The zero-order valence-corrected chi connectivity index (χ0v) is 24.0. The minimum absolute atomic E-state index is 0.000337. The predicted molar refractivity (Wildman–Crippen MR) is 145 cm³/mol. The number of benzene rings is 1. The average molecular weight is 580 g/mol. The van der Waals surface area contributed by atoms with Crippen LogP contribution in [0, 0.1) is 0 Å². The number of H-pyrrole nitrogens is 1. The number of hydrogen-bond acceptors (Lipinski definition) is 8. The number of aromatic nitrogens is 2. The number of piperazine rings is 1. The van der Waals surface area contributed by atoms with Crippen molar-refractivity contribution >= 4 is 55.7 Å². The summed E-state index contributed by atoms with van der Waals surface area (Å²) in [6, 6.07) is 6.05. The van der Waals surface area contributed by atoms with Crippen LogP contribution in [0.4, 0.5) is 0 Å². The summed E-state index contributed by atoms with van der Waals surface area (Å²) >= 11 is 7.43. The van der Waals surface area contributed by atoms with Crippen molar-refractivity contribution in [2.75, 3.05) is 47.8 Å². The zero-order valence-electron chi connectivity index (χ0n) is 21.6. The Labute approximate surface area is 230 Å². The van der Waals surface area contributed by atoms with E-state index in [1.54, 1.807) is 43.3 Å². The fourth-order valence-electron chi connectivity index (χ4n) is 4.74. The Hall–Kier alpha value is -2.55. The molecule has 2 aliphatic heterocycles. The second-order valence-electron chi connectivity index (χ2n) is 9.89. The fourth-order valence-corrected chi connectivity index (χ4v) is 7.47. The van der Waals surface area contributed by atoms with Gasteiger partial charge in [0.25, 0.3) is 15.9 Å². The van der Waals surface area contributed by atoms with Gasteiger partial charge in [0.1, 0.15) is 5.03 Å². The highest BCUT2D eigenvalue weighted by Gasteiger charge is 2.39. The van der Waals surface area contributed by atoms with Gasteiger partial charge in [0.2, 0.25) is 5.91 Å². The second-order valence-corrected chi connectivity index (χ2v) is 13.3. The molecule has 1 atom stereocenters. The average Bonchev–Trinajstić information content (AvgIpc) is 3.48. The Morgan fingerprint density at radius 2 is 1.89 bits per heavy atom. The highest BCUT2D eigenvalue weighted by Crippen LogP contribution is 2.30. The van der Waals surface area contributed by atoms with E-state index in [1.165, 1.54) is 20.5 Å². The van der Waals surface area contributed by atoms with Crippen molar-refractivity contribution in [3.8, 4) is 0 Å². The van der Waals surface area contributed by atoms with Gasteiger partial charge in [-0.2, -0.15) is 4.31 Å². The lowest BCUT2D eigenvalue weighted by Crippen LogP contribution is -2.57. The molecule has 0 spiro atoms. The summed E-state index contributed by atoms with van der Waals surface area (Å²) in [5.41, 5.74) is 1.53. The number of amides is 2. The first kappa shape index (κ1) is 27.0. The highest BCUT2D eigenvalue weighted by atomic mass is 35.5. The van der Waals surface area contributed by atoms with Crippen LogP contribution < -0.4 is 0 Å². The molecule has 11 nitrogen and oxygen atoms in total. The molecule has 204 valence electrons. The predicted octanol–water partition coefficient (Wildman–Crippen LogP) is 2.06. The minimum atomic E-state index is -3.91. The van der Waals surface area contributed by atoms with Crippen LogP contribution >= 0.6 is 22.9 Å². The Bertz CT molecular complexity index is 1470. The van der Waals surface area contributed by atoms with Gasteiger partial charge < -0.3 is 14.8 Å². The van der Waals surface area contributed by atoms with E-state index in [0.717, 1.165) is 10.6 Å². The van der Waals surface area contributed by atoms with Crippen LogP contribution in [0.5, 0.6) is 0 Å². The summed E-state index contributed by atoms with van der Waals surface area (Å²) in [7, 11) is 3.33. The summed E-state index contributed by atoms with van der Waals surface area (Å²) in [6.07, 6.45) is 0.00361. The number of halogens is 1. The Balaban J connectivity index is 1.41. The van der Waals surface area contributed by atoms with Gasteiger partial charge in [-0.15, -0.1) is 11.3 Å². The summed E-state index contributed by atoms with van der Waals surface area (Å²) < 4.78 is 28.5. The molecule has 2 aromatic heterocycles. The van der Waals surface area contributed by atoms with Crippen molar-refractivity contribution < 1.29 is 18.0 Å². The lowest BCUT2D eigenvalue weighted by molar-refractivity contribution is -0.130. The molecule has 0 bridgehead atoms. The van der Waals surface area contributed by atoms with Crippen molar-refractivity contribution in [2.45, 2.75) is 30.6 Å². The first-order chi connectivity index (χ1) is 17.9. The molecule has 2 amide bonds. The maximum atomic E-state index is 13.7. The second kappa shape index (κ2) is 10.2. The van der Waals surface area contributed by atoms with E-state index < -0.39 is 16.1 Å². The molecule has 2 aliphatic rings. The van der Waals surface area contributed by atoms with Gasteiger partial charge in [0.15, 0.2) is 5.01 Å². The molecule has 1 N–H and O–H groups in total. The monoisotopic (exact) mass is 579 g/mol. The zero-order chi connectivity index (χ0) is 27.4. The van der Waals surface area contributed by atoms with Crippen molar-refractivity contribution in [3.63, 3.8) is 0 Å². The van der Waals surface area contributed by atoms with E-state index in [1.807, 2.05) is 19.1 Å².